The predicted octanol–water partition coefficient (Wildman–Crippen LogP) is 3.81. The fourth-order valence-electron chi connectivity index (χ4n) is 2.47. The molecule has 0 amide bonds. The number of aldehydes is 1. The predicted molar refractivity (Wildman–Crippen MR) is 77.6 cm³/mol. The summed E-state index contributed by atoms with van der Waals surface area (Å²) in [5, 5.41) is 1.02. The molecule has 19 heavy (non-hydrogen) atoms. The number of fused-ring (bicyclic) bond motifs is 1. The zero-order chi connectivity index (χ0) is 13.2. The highest BCUT2D eigenvalue weighted by Gasteiger charge is 2.08. The summed E-state index contributed by atoms with van der Waals surface area (Å²) in [6.45, 7) is 2.91. The largest absolute Gasteiger partial charge is 0.342 e. The molecule has 0 bridgehead atoms. The zero-order valence-corrected chi connectivity index (χ0v) is 10.8. The third-order valence-electron chi connectivity index (χ3n) is 3.55. The minimum Gasteiger partial charge on any atom is -0.342 e. The van der Waals surface area contributed by atoms with Crippen molar-refractivity contribution in [1.82, 2.24) is 4.57 Å². The van der Waals surface area contributed by atoms with Crippen LogP contribution >= 0.6 is 0 Å². The number of hydrogen-bond donors (Lipinski definition) is 0. The molecular weight excluding hydrogens is 234 g/mol. The van der Waals surface area contributed by atoms with Crippen LogP contribution in [0.4, 0.5) is 0 Å². The van der Waals surface area contributed by atoms with Gasteiger partial charge < -0.3 is 4.57 Å². The van der Waals surface area contributed by atoms with Crippen molar-refractivity contribution in [3.63, 3.8) is 0 Å². The van der Waals surface area contributed by atoms with E-state index in [1.165, 1.54) is 11.1 Å². The molecule has 0 aliphatic heterocycles. The van der Waals surface area contributed by atoms with Gasteiger partial charge in [-0.15, -0.1) is 0 Å². The Kier molecular flexibility index (Phi) is 2.92. The fraction of sp³-hybridized carbons (Fsp3) is 0.118. The topological polar surface area (TPSA) is 22.0 Å². The summed E-state index contributed by atoms with van der Waals surface area (Å²) < 4.78 is 2.14. The van der Waals surface area contributed by atoms with Gasteiger partial charge in [0.1, 0.15) is 0 Å². The smallest absolute Gasteiger partial charge is 0.152 e. The van der Waals surface area contributed by atoms with Gasteiger partial charge in [0.05, 0.1) is 0 Å². The maximum atomic E-state index is 11.1. The molecule has 0 N–H and O–H groups in total. The average molecular weight is 249 g/mol. The first-order valence-electron chi connectivity index (χ1n) is 6.37. The second-order valence-electron chi connectivity index (χ2n) is 4.77. The summed E-state index contributed by atoms with van der Waals surface area (Å²) >= 11 is 0. The summed E-state index contributed by atoms with van der Waals surface area (Å²) in [5.74, 6) is 0. The Morgan fingerprint density at radius 1 is 1.05 bits per heavy atom. The maximum absolute atomic E-state index is 11.1. The van der Waals surface area contributed by atoms with Gasteiger partial charge in [-0.3, -0.25) is 4.79 Å². The lowest BCUT2D eigenvalue weighted by Crippen LogP contribution is -1.99. The van der Waals surface area contributed by atoms with E-state index in [2.05, 4.69) is 35.8 Å². The van der Waals surface area contributed by atoms with Crippen LogP contribution in [0.2, 0.25) is 0 Å². The van der Waals surface area contributed by atoms with Gasteiger partial charge in [-0.1, -0.05) is 42.5 Å². The molecular formula is C17H15NO. The van der Waals surface area contributed by atoms with Crippen LogP contribution in [0.1, 0.15) is 21.5 Å². The third-order valence-corrected chi connectivity index (χ3v) is 3.55. The van der Waals surface area contributed by atoms with E-state index in [1.54, 1.807) is 0 Å². The van der Waals surface area contributed by atoms with Crippen LogP contribution in [0.5, 0.6) is 0 Å². The molecule has 0 aliphatic rings. The molecule has 1 aromatic heterocycles. The summed E-state index contributed by atoms with van der Waals surface area (Å²) in [6.07, 6.45) is 2.86. The van der Waals surface area contributed by atoms with Gasteiger partial charge in [-0.25, -0.2) is 0 Å². The number of carbonyl (C=O) groups is 1. The molecule has 0 atom stereocenters. The van der Waals surface area contributed by atoms with Crippen molar-refractivity contribution in [1.29, 1.82) is 0 Å². The number of para-hydroxylation sites is 1. The van der Waals surface area contributed by atoms with Gasteiger partial charge in [0.25, 0.3) is 0 Å². The van der Waals surface area contributed by atoms with Gasteiger partial charge in [0.2, 0.25) is 0 Å². The Morgan fingerprint density at radius 2 is 1.79 bits per heavy atom. The highest BCUT2D eigenvalue weighted by Crippen LogP contribution is 2.21. The van der Waals surface area contributed by atoms with E-state index in [0.717, 1.165) is 29.3 Å². The minimum atomic E-state index is 0.754. The molecule has 0 saturated heterocycles. The van der Waals surface area contributed by atoms with E-state index in [1.807, 2.05) is 30.5 Å². The molecule has 3 rings (SSSR count). The van der Waals surface area contributed by atoms with Gasteiger partial charge in [0.15, 0.2) is 6.29 Å². The summed E-state index contributed by atoms with van der Waals surface area (Å²) in [7, 11) is 0. The van der Waals surface area contributed by atoms with E-state index < -0.39 is 0 Å². The number of hydrogen-bond acceptors (Lipinski definition) is 1. The zero-order valence-electron chi connectivity index (χ0n) is 10.8. The van der Waals surface area contributed by atoms with Crippen molar-refractivity contribution in [3.05, 3.63) is 71.4 Å². The van der Waals surface area contributed by atoms with Crippen molar-refractivity contribution in [2.45, 2.75) is 13.5 Å². The second kappa shape index (κ2) is 4.73. The summed E-state index contributed by atoms with van der Waals surface area (Å²) in [4.78, 5) is 11.1. The van der Waals surface area contributed by atoms with Crippen molar-refractivity contribution in [3.8, 4) is 0 Å². The quantitative estimate of drug-likeness (QED) is 0.647. The first kappa shape index (κ1) is 11.7. The van der Waals surface area contributed by atoms with Crippen LogP contribution in [0.15, 0.2) is 54.7 Å². The number of aryl methyl sites for hydroxylation is 1. The average Bonchev–Trinajstić information content (AvgIpc) is 2.80. The number of aromatic nitrogens is 1. The van der Waals surface area contributed by atoms with Crippen LogP contribution in [0, 0.1) is 6.92 Å². The first-order valence-corrected chi connectivity index (χ1v) is 6.37. The number of benzene rings is 2. The van der Waals surface area contributed by atoms with Gasteiger partial charge in [-0.05, 0) is 24.1 Å². The second-order valence-corrected chi connectivity index (χ2v) is 4.77. The first-order chi connectivity index (χ1) is 9.29. The molecule has 0 radical (unpaired) electrons. The van der Waals surface area contributed by atoms with Gasteiger partial charge >= 0.3 is 0 Å². The molecule has 0 fully saturated rings. The van der Waals surface area contributed by atoms with E-state index in [-0.39, 0.29) is 0 Å². The lowest BCUT2D eigenvalue weighted by molar-refractivity contribution is 0.112. The number of nitrogens with zero attached hydrogens (tertiary/aromatic N) is 1. The van der Waals surface area contributed by atoms with Crippen molar-refractivity contribution < 1.29 is 4.79 Å². The number of rotatable bonds is 3. The fourth-order valence-corrected chi connectivity index (χ4v) is 2.47. The lowest BCUT2D eigenvalue weighted by atomic mass is 10.1. The molecule has 0 aliphatic carbocycles. The van der Waals surface area contributed by atoms with Crippen molar-refractivity contribution in [2.75, 3.05) is 0 Å². The Labute approximate surface area is 112 Å². The van der Waals surface area contributed by atoms with Crippen LogP contribution in [-0.2, 0) is 6.54 Å². The highest BCUT2D eigenvalue weighted by molar-refractivity contribution is 5.97. The maximum Gasteiger partial charge on any atom is 0.152 e. The molecule has 2 heteroatoms. The highest BCUT2D eigenvalue weighted by atomic mass is 16.1. The minimum absolute atomic E-state index is 0.754. The van der Waals surface area contributed by atoms with Crippen LogP contribution in [0.3, 0.4) is 0 Å². The normalized spacial score (nSPS) is 10.8. The molecule has 0 unspecified atom stereocenters. The summed E-state index contributed by atoms with van der Waals surface area (Å²) in [6, 6.07) is 16.4. The van der Waals surface area contributed by atoms with E-state index >= 15 is 0 Å². The molecule has 2 aromatic carbocycles. The Morgan fingerprint density at radius 3 is 2.58 bits per heavy atom. The van der Waals surface area contributed by atoms with Crippen LogP contribution in [0.25, 0.3) is 10.9 Å². The Hall–Kier alpha value is -2.35. The van der Waals surface area contributed by atoms with Crippen molar-refractivity contribution >= 4 is 17.2 Å². The Bertz CT molecular complexity index is 740. The van der Waals surface area contributed by atoms with E-state index in [4.69, 9.17) is 0 Å². The molecule has 0 saturated carbocycles. The molecule has 1 heterocycles. The monoisotopic (exact) mass is 249 g/mol. The van der Waals surface area contributed by atoms with Crippen molar-refractivity contribution in [2.24, 2.45) is 0 Å². The molecule has 3 aromatic rings. The molecule has 2 nitrogen and oxygen atoms in total. The summed E-state index contributed by atoms with van der Waals surface area (Å²) in [5.41, 5.74) is 4.41. The van der Waals surface area contributed by atoms with E-state index in [9.17, 15) is 4.79 Å². The molecule has 94 valence electrons. The standard InChI is InChI=1S/C17H15NO/c1-13-6-2-3-7-14(13)10-18-11-15(12-19)16-8-4-5-9-17(16)18/h2-9,11-12H,10H2,1H3. The lowest BCUT2D eigenvalue weighted by Gasteiger charge is -2.08. The van der Waals surface area contributed by atoms with E-state index in [0.29, 0.717) is 0 Å². The molecule has 0 spiro atoms. The third kappa shape index (κ3) is 2.06. The van der Waals surface area contributed by atoms with Gasteiger partial charge in [-0.2, -0.15) is 0 Å². The van der Waals surface area contributed by atoms with Gasteiger partial charge in [0, 0.05) is 29.2 Å². The van der Waals surface area contributed by atoms with Crippen LogP contribution < -0.4 is 0 Å². The van der Waals surface area contributed by atoms with Crippen LogP contribution in [-0.4, -0.2) is 10.9 Å². The Balaban J connectivity index is 2.11. The SMILES string of the molecule is Cc1ccccc1Cn1cc(C=O)c2ccccc21. The number of carbonyl (C=O) groups excluding carboxylic acids is 1.